The van der Waals surface area contributed by atoms with Gasteiger partial charge in [0, 0.05) is 38.7 Å². The normalized spacial score (nSPS) is 19.9. The summed E-state index contributed by atoms with van der Waals surface area (Å²) in [5.74, 6) is 1.16. The molecule has 1 N–H and O–H groups in total. The fourth-order valence-corrected chi connectivity index (χ4v) is 3.92. The average molecular weight is 326 g/mol. The molecule has 2 saturated heterocycles. The third kappa shape index (κ3) is 2.37. The van der Waals surface area contributed by atoms with Crippen LogP contribution in [0.5, 0.6) is 0 Å². The van der Waals surface area contributed by atoms with E-state index in [1.807, 2.05) is 41.6 Å². The molecule has 126 valence electrons. The summed E-state index contributed by atoms with van der Waals surface area (Å²) in [7, 11) is 1.97. The zero-order chi connectivity index (χ0) is 16.9. The molecule has 4 rings (SSSR count). The first kappa shape index (κ1) is 15.2. The molecular weight excluding hydrogens is 304 g/mol. The Morgan fingerprint density at radius 2 is 2.04 bits per heavy atom. The number of nitrogens with one attached hydrogen (secondary N) is 1. The molecule has 6 nitrogen and oxygen atoms in total. The van der Waals surface area contributed by atoms with Gasteiger partial charge < -0.3 is 14.8 Å². The lowest BCUT2D eigenvalue weighted by Gasteiger charge is -2.38. The van der Waals surface area contributed by atoms with Crippen LogP contribution in [-0.4, -0.2) is 45.9 Å². The molecule has 1 aromatic carbocycles. The number of nitrogens with zero attached hydrogens (tertiary/aromatic N) is 3. The van der Waals surface area contributed by atoms with Crippen LogP contribution in [0.1, 0.15) is 35.4 Å². The molecule has 0 unspecified atom stereocenters. The van der Waals surface area contributed by atoms with Gasteiger partial charge in [-0.3, -0.25) is 9.59 Å². The van der Waals surface area contributed by atoms with Crippen molar-refractivity contribution in [3.8, 4) is 0 Å². The quantitative estimate of drug-likeness (QED) is 0.866. The second-order valence-electron chi connectivity index (χ2n) is 7.17. The van der Waals surface area contributed by atoms with Crippen molar-refractivity contribution < 1.29 is 9.59 Å². The van der Waals surface area contributed by atoms with Crippen molar-refractivity contribution in [3.63, 3.8) is 0 Å². The van der Waals surface area contributed by atoms with E-state index in [0.29, 0.717) is 12.0 Å². The number of fused-ring (bicyclic) bond motifs is 1. The van der Waals surface area contributed by atoms with Crippen molar-refractivity contribution >= 4 is 22.8 Å². The summed E-state index contributed by atoms with van der Waals surface area (Å²) in [4.78, 5) is 30.7. The molecule has 0 atom stereocenters. The van der Waals surface area contributed by atoms with Gasteiger partial charge in [0.05, 0.1) is 11.0 Å². The second kappa shape index (κ2) is 5.33. The Morgan fingerprint density at radius 3 is 2.71 bits per heavy atom. The molecule has 0 saturated carbocycles. The topological polar surface area (TPSA) is 67.2 Å². The molecule has 1 aromatic heterocycles. The van der Waals surface area contributed by atoms with Crippen LogP contribution in [-0.2, 0) is 11.8 Å². The summed E-state index contributed by atoms with van der Waals surface area (Å²) in [6.45, 7) is 4.16. The molecule has 0 aliphatic carbocycles. The lowest BCUT2D eigenvalue weighted by Crippen LogP contribution is -2.44. The molecule has 0 radical (unpaired) electrons. The van der Waals surface area contributed by atoms with Crippen LogP contribution in [0.2, 0.25) is 0 Å². The Balaban J connectivity index is 1.52. The summed E-state index contributed by atoms with van der Waals surface area (Å²) < 4.78 is 2.01. The predicted octanol–water partition coefficient (Wildman–Crippen LogP) is 1.62. The fourth-order valence-electron chi connectivity index (χ4n) is 3.92. The Kier molecular flexibility index (Phi) is 3.37. The Morgan fingerprint density at radius 1 is 1.29 bits per heavy atom. The monoisotopic (exact) mass is 326 g/mol. The zero-order valence-corrected chi connectivity index (χ0v) is 14.1. The molecule has 2 aliphatic heterocycles. The molecule has 1 spiro atoms. The summed E-state index contributed by atoms with van der Waals surface area (Å²) in [5, 5.41) is 2.93. The first-order valence-corrected chi connectivity index (χ1v) is 8.47. The number of aryl methyl sites for hydroxylation is 2. The van der Waals surface area contributed by atoms with Crippen molar-refractivity contribution in [2.75, 3.05) is 19.6 Å². The first-order chi connectivity index (χ1) is 11.5. The summed E-state index contributed by atoms with van der Waals surface area (Å²) in [6.07, 6.45) is 2.39. The van der Waals surface area contributed by atoms with Gasteiger partial charge in [0.15, 0.2) is 0 Å². The minimum Gasteiger partial charge on any atom is -0.356 e. The third-order valence-electron chi connectivity index (χ3n) is 5.66. The number of likely N-dealkylation sites (tertiary alicyclic amines) is 1. The highest BCUT2D eigenvalue weighted by Gasteiger charge is 2.41. The number of benzene rings is 1. The van der Waals surface area contributed by atoms with Gasteiger partial charge in [-0.1, -0.05) is 0 Å². The van der Waals surface area contributed by atoms with Crippen LogP contribution in [0.4, 0.5) is 0 Å². The maximum Gasteiger partial charge on any atom is 0.253 e. The molecule has 2 aliphatic rings. The highest BCUT2D eigenvalue weighted by atomic mass is 16.2. The van der Waals surface area contributed by atoms with Crippen molar-refractivity contribution in [1.29, 1.82) is 0 Å². The predicted molar refractivity (Wildman–Crippen MR) is 90.6 cm³/mol. The van der Waals surface area contributed by atoms with Gasteiger partial charge in [-0.15, -0.1) is 0 Å². The van der Waals surface area contributed by atoms with Gasteiger partial charge in [0.25, 0.3) is 5.91 Å². The lowest BCUT2D eigenvalue weighted by molar-refractivity contribution is -0.119. The van der Waals surface area contributed by atoms with Crippen LogP contribution in [0.15, 0.2) is 18.2 Å². The molecule has 0 bridgehead atoms. The number of amides is 2. The number of aromatic nitrogens is 2. The Hall–Kier alpha value is -2.37. The van der Waals surface area contributed by atoms with Gasteiger partial charge in [0.1, 0.15) is 5.82 Å². The average Bonchev–Trinajstić information content (AvgIpc) is 3.08. The van der Waals surface area contributed by atoms with Crippen LogP contribution >= 0.6 is 0 Å². The number of piperidine rings is 1. The van der Waals surface area contributed by atoms with Crippen molar-refractivity contribution in [2.45, 2.75) is 26.2 Å². The highest BCUT2D eigenvalue weighted by Crippen LogP contribution is 2.37. The summed E-state index contributed by atoms with van der Waals surface area (Å²) >= 11 is 0. The van der Waals surface area contributed by atoms with Crippen molar-refractivity contribution in [1.82, 2.24) is 19.8 Å². The SMILES string of the molecule is Cc1nc2ccc(C(=O)N3CCC4(CC3)CNC(=O)C4)cc2n1C. The van der Waals surface area contributed by atoms with E-state index in [4.69, 9.17) is 0 Å². The molecule has 2 aromatic rings. The number of hydrogen-bond acceptors (Lipinski definition) is 3. The summed E-state index contributed by atoms with van der Waals surface area (Å²) in [6, 6.07) is 5.71. The van der Waals surface area contributed by atoms with Crippen LogP contribution < -0.4 is 5.32 Å². The van der Waals surface area contributed by atoms with E-state index in [-0.39, 0.29) is 17.2 Å². The summed E-state index contributed by atoms with van der Waals surface area (Å²) in [5.41, 5.74) is 2.68. The first-order valence-electron chi connectivity index (χ1n) is 8.47. The zero-order valence-electron chi connectivity index (χ0n) is 14.1. The number of rotatable bonds is 1. The largest absolute Gasteiger partial charge is 0.356 e. The maximum atomic E-state index is 12.8. The molecule has 2 fully saturated rings. The van der Waals surface area contributed by atoms with E-state index in [2.05, 4.69) is 10.3 Å². The smallest absolute Gasteiger partial charge is 0.253 e. The van der Waals surface area contributed by atoms with Crippen molar-refractivity contribution in [2.24, 2.45) is 12.5 Å². The van der Waals surface area contributed by atoms with Crippen LogP contribution in [0.3, 0.4) is 0 Å². The van der Waals surface area contributed by atoms with Gasteiger partial charge in [0.2, 0.25) is 5.91 Å². The Bertz CT molecular complexity index is 831. The van der Waals surface area contributed by atoms with Gasteiger partial charge in [-0.05, 0) is 43.4 Å². The second-order valence-corrected chi connectivity index (χ2v) is 7.17. The van der Waals surface area contributed by atoms with Gasteiger partial charge >= 0.3 is 0 Å². The molecule has 3 heterocycles. The van der Waals surface area contributed by atoms with Gasteiger partial charge in [-0.25, -0.2) is 4.98 Å². The number of imidazole rings is 1. The highest BCUT2D eigenvalue weighted by molar-refractivity contribution is 5.97. The van der Waals surface area contributed by atoms with Gasteiger partial charge in [-0.2, -0.15) is 0 Å². The Labute approximate surface area is 140 Å². The van der Waals surface area contributed by atoms with E-state index in [1.54, 1.807) is 0 Å². The standard InChI is InChI=1S/C18H22N4O2/c1-12-20-14-4-3-13(9-15(14)21(12)2)17(24)22-7-5-18(6-8-22)10-16(23)19-11-18/h3-4,9H,5-8,10-11H2,1-2H3,(H,19,23). The fraction of sp³-hybridized carbons (Fsp3) is 0.500. The van der Waals surface area contributed by atoms with Crippen LogP contribution in [0.25, 0.3) is 11.0 Å². The van der Waals surface area contributed by atoms with Crippen molar-refractivity contribution in [3.05, 3.63) is 29.6 Å². The minimum atomic E-state index is 0.0664. The van der Waals surface area contributed by atoms with E-state index >= 15 is 0 Å². The molecule has 2 amide bonds. The van der Waals surface area contributed by atoms with E-state index < -0.39 is 0 Å². The third-order valence-corrected chi connectivity index (χ3v) is 5.66. The molecule has 6 heteroatoms. The minimum absolute atomic E-state index is 0.0664. The van der Waals surface area contributed by atoms with Crippen LogP contribution in [0, 0.1) is 12.3 Å². The van der Waals surface area contributed by atoms with E-state index in [0.717, 1.165) is 49.3 Å². The molecule has 24 heavy (non-hydrogen) atoms. The lowest BCUT2D eigenvalue weighted by atomic mass is 9.77. The molecular formula is C18H22N4O2. The number of carbonyl (C=O) groups is 2. The number of hydrogen-bond donors (Lipinski definition) is 1. The van der Waals surface area contributed by atoms with E-state index in [9.17, 15) is 9.59 Å². The number of carbonyl (C=O) groups excluding carboxylic acids is 2. The maximum absolute atomic E-state index is 12.8. The van der Waals surface area contributed by atoms with E-state index in [1.165, 1.54) is 0 Å².